The predicted octanol–water partition coefficient (Wildman–Crippen LogP) is 2.90. The summed E-state index contributed by atoms with van der Waals surface area (Å²) in [6.07, 6.45) is 3.40. The van der Waals surface area contributed by atoms with Crippen LogP contribution in [0.25, 0.3) is 0 Å². The van der Waals surface area contributed by atoms with Crippen molar-refractivity contribution < 1.29 is 28.7 Å². The van der Waals surface area contributed by atoms with Crippen LogP contribution in [-0.2, 0) is 25.7 Å². The molecule has 7 nitrogen and oxygen atoms in total. The first kappa shape index (κ1) is 21.0. The number of likely N-dealkylation sites (tertiary alicyclic amines) is 1. The lowest BCUT2D eigenvalue weighted by Gasteiger charge is -2.19. The molecule has 2 fully saturated rings. The van der Waals surface area contributed by atoms with Gasteiger partial charge in [0.1, 0.15) is 12.4 Å². The predicted molar refractivity (Wildman–Crippen MR) is 104 cm³/mol. The van der Waals surface area contributed by atoms with E-state index in [1.807, 2.05) is 6.92 Å². The van der Waals surface area contributed by atoms with E-state index in [1.165, 1.54) is 11.8 Å². The molecule has 1 aliphatic heterocycles. The first-order valence-electron chi connectivity index (χ1n) is 10.2. The van der Waals surface area contributed by atoms with E-state index in [-0.39, 0.29) is 49.0 Å². The molecule has 7 heteroatoms. The van der Waals surface area contributed by atoms with Crippen molar-refractivity contribution >= 4 is 23.6 Å². The molecule has 1 heterocycles. The Morgan fingerprint density at radius 1 is 1.10 bits per heavy atom. The molecule has 0 aromatic heterocycles. The molecule has 1 aromatic rings. The maximum atomic E-state index is 12.5. The Bertz CT molecular complexity index is 794. The van der Waals surface area contributed by atoms with Gasteiger partial charge < -0.3 is 9.47 Å². The molecule has 2 aliphatic rings. The summed E-state index contributed by atoms with van der Waals surface area (Å²) in [6.45, 7) is 3.77. The number of ketones is 1. The zero-order chi connectivity index (χ0) is 21.0. The number of imide groups is 1. The summed E-state index contributed by atoms with van der Waals surface area (Å²) >= 11 is 0. The third-order valence-electron chi connectivity index (χ3n) is 5.63. The minimum Gasteiger partial charge on any atom is -0.493 e. The summed E-state index contributed by atoms with van der Waals surface area (Å²) < 4.78 is 10.8. The number of Topliss-reactive ketones (excluding diaryl/α,β-unsaturated/α-hetero) is 1. The number of esters is 1. The molecule has 3 rings (SSSR count). The smallest absolute Gasteiger partial charge is 0.307 e. The fourth-order valence-electron chi connectivity index (χ4n) is 4.09. The SMILES string of the molecule is CCOc1ccc(C(C)=O)cc1COC(=O)CCN1C(=O)[C@H]2CCCC[C@@H]2C1=O. The molecule has 1 saturated heterocycles. The van der Waals surface area contributed by atoms with Crippen LogP contribution in [-0.4, -0.2) is 41.6 Å². The maximum absolute atomic E-state index is 12.5. The second-order valence-corrected chi connectivity index (χ2v) is 7.55. The van der Waals surface area contributed by atoms with Crippen LogP contribution in [0.15, 0.2) is 18.2 Å². The Kier molecular flexibility index (Phi) is 6.67. The number of amides is 2. The Hall–Kier alpha value is -2.70. The first-order chi connectivity index (χ1) is 13.9. The fraction of sp³-hybridized carbons (Fsp3) is 0.545. The zero-order valence-electron chi connectivity index (χ0n) is 16.9. The lowest BCUT2D eigenvalue weighted by atomic mass is 9.81. The number of nitrogens with zero attached hydrogens (tertiary/aromatic N) is 1. The van der Waals surface area contributed by atoms with Gasteiger partial charge in [-0.3, -0.25) is 24.1 Å². The van der Waals surface area contributed by atoms with E-state index >= 15 is 0 Å². The van der Waals surface area contributed by atoms with Gasteiger partial charge in [0.2, 0.25) is 11.8 Å². The summed E-state index contributed by atoms with van der Waals surface area (Å²) in [5, 5.41) is 0. The van der Waals surface area contributed by atoms with Gasteiger partial charge in [-0.2, -0.15) is 0 Å². The van der Waals surface area contributed by atoms with Crippen LogP contribution < -0.4 is 4.74 Å². The normalized spacial score (nSPS) is 21.1. The van der Waals surface area contributed by atoms with Crippen molar-refractivity contribution in [2.45, 2.75) is 52.6 Å². The van der Waals surface area contributed by atoms with Crippen LogP contribution in [0.5, 0.6) is 5.75 Å². The van der Waals surface area contributed by atoms with Gasteiger partial charge in [0.15, 0.2) is 5.78 Å². The van der Waals surface area contributed by atoms with Gasteiger partial charge in [0, 0.05) is 17.7 Å². The van der Waals surface area contributed by atoms with Crippen LogP contribution in [0.1, 0.15) is 61.9 Å². The molecule has 0 radical (unpaired) electrons. The standard InChI is InChI=1S/C22H27NO6/c1-3-28-19-9-8-15(14(2)24)12-16(19)13-29-20(25)10-11-23-21(26)17-6-4-5-7-18(17)22(23)27/h8-9,12,17-18H,3-7,10-11,13H2,1-2H3/t17-,18-/m0/s1. The summed E-state index contributed by atoms with van der Waals surface area (Å²) in [6, 6.07) is 5.01. The Morgan fingerprint density at radius 3 is 2.34 bits per heavy atom. The molecular weight excluding hydrogens is 374 g/mol. The molecule has 29 heavy (non-hydrogen) atoms. The third-order valence-corrected chi connectivity index (χ3v) is 5.63. The highest BCUT2D eigenvalue weighted by atomic mass is 16.5. The van der Waals surface area contributed by atoms with E-state index < -0.39 is 5.97 Å². The lowest BCUT2D eigenvalue weighted by molar-refractivity contribution is -0.146. The van der Waals surface area contributed by atoms with Crippen LogP contribution >= 0.6 is 0 Å². The summed E-state index contributed by atoms with van der Waals surface area (Å²) in [4.78, 5) is 50.0. The minimum absolute atomic E-state index is 0.0393. The highest BCUT2D eigenvalue weighted by molar-refractivity contribution is 6.05. The van der Waals surface area contributed by atoms with Gasteiger partial charge in [-0.25, -0.2) is 0 Å². The number of ether oxygens (including phenoxy) is 2. The third kappa shape index (κ3) is 4.66. The van der Waals surface area contributed by atoms with E-state index in [4.69, 9.17) is 9.47 Å². The Morgan fingerprint density at radius 2 is 1.76 bits per heavy atom. The van der Waals surface area contributed by atoms with E-state index in [9.17, 15) is 19.2 Å². The van der Waals surface area contributed by atoms with E-state index in [2.05, 4.69) is 0 Å². The van der Waals surface area contributed by atoms with E-state index in [1.54, 1.807) is 18.2 Å². The second kappa shape index (κ2) is 9.20. The number of hydrogen-bond donors (Lipinski definition) is 0. The summed E-state index contributed by atoms with van der Waals surface area (Å²) in [5.74, 6) is -0.769. The molecule has 156 valence electrons. The second-order valence-electron chi connectivity index (χ2n) is 7.55. The Labute approximate surface area is 170 Å². The van der Waals surface area contributed by atoms with Crippen LogP contribution in [0.4, 0.5) is 0 Å². The van der Waals surface area contributed by atoms with Crippen molar-refractivity contribution in [3.63, 3.8) is 0 Å². The van der Waals surface area contributed by atoms with Crippen molar-refractivity contribution in [3.8, 4) is 5.75 Å². The van der Waals surface area contributed by atoms with Crippen molar-refractivity contribution in [2.75, 3.05) is 13.2 Å². The van der Waals surface area contributed by atoms with Gasteiger partial charge >= 0.3 is 5.97 Å². The topological polar surface area (TPSA) is 90.0 Å². The van der Waals surface area contributed by atoms with Crippen LogP contribution in [0, 0.1) is 11.8 Å². The number of hydrogen-bond acceptors (Lipinski definition) is 6. The van der Waals surface area contributed by atoms with E-state index in [0.29, 0.717) is 23.5 Å². The molecule has 1 aliphatic carbocycles. The average molecular weight is 401 g/mol. The molecule has 0 bridgehead atoms. The van der Waals surface area contributed by atoms with Gasteiger partial charge in [-0.1, -0.05) is 12.8 Å². The number of carbonyl (C=O) groups excluding carboxylic acids is 4. The van der Waals surface area contributed by atoms with Gasteiger partial charge in [-0.15, -0.1) is 0 Å². The largest absolute Gasteiger partial charge is 0.493 e. The average Bonchev–Trinajstić information content (AvgIpc) is 2.96. The highest BCUT2D eigenvalue weighted by Crippen LogP contribution is 2.38. The summed E-state index contributed by atoms with van der Waals surface area (Å²) in [5.41, 5.74) is 1.11. The molecular formula is C22H27NO6. The zero-order valence-corrected chi connectivity index (χ0v) is 16.9. The molecule has 1 saturated carbocycles. The minimum atomic E-state index is -0.504. The highest BCUT2D eigenvalue weighted by Gasteiger charge is 2.47. The van der Waals surface area contributed by atoms with Crippen molar-refractivity contribution in [1.82, 2.24) is 4.90 Å². The van der Waals surface area contributed by atoms with Crippen LogP contribution in [0.2, 0.25) is 0 Å². The number of carbonyl (C=O) groups is 4. The maximum Gasteiger partial charge on any atom is 0.307 e. The molecule has 2 amide bonds. The first-order valence-corrected chi connectivity index (χ1v) is 10.2. The van der Waals surface area contributed by atoms with Crippen molar-refractivity contribution in [2.24, 2.45) is 11.8 Å². The number of rotatable bonds is 8. The quantitative estimate of drug-likeness (QED) is 0.378. The molecule has 1 aromatic carbocycles. The lowest BCUT2D eigenvalue weighted by Crippen LogP contribution is -2.33. The Balaban J connectivity index is 1.56. The summed E-state index contributed by atoms with van der Waals surface area (Å²) in [7, 11) is 0. The molecule has 0 unspecified atom stereocenters. The van der Waals surface area contributed by atoms with Crippen molar-refractivity contribution in [1.29, 1.82) is 0 Å². The van der Waals surface area contributed by atoms with Gasteiger partial charge in [0.05, 0.1) is 24.9 Å². The fourth-order valence-corrected chi connectivity index (χ4v) is 4.09. The van der Waals surface area contributed by atoms with Crippen molar-refractivity contribution in [3.05, 3.63) is 29.3 Å². The van der Waals surface area contributed by atoms with Gasteiger partial charge in [-0.05, 0) is 44.9 Å². The van der Waals surface area contributed by atoms with Crippen LogP contribution in [0.3, 0.4) is 0 Å². The molecule has 2 atom stereocenters. The number of fused-ring (bicyclic) bond motifs is 1. The monoisotopic (exact) mass is 401 g/mol. The van der Waals surface area contributed by atoms with E-state index in [0.717, 1.165) is 25.7 Å². The van der Waals surface area contributed by atoms with Gasteiger partial charge in [0.25, 0.3) is 0 Å². The number of benzene rings is 1. The molecule has 0 N–H and O–H groups in total. The molecule has 0 spiro atoms.